The number of hydrogen-bond acceptors (Lipinski definition) is 1. The zero-order valence-corrected chi connectivity index (χ0v) is 23.4. The van der Waals surface area contributed by atoms with Crippen LogP contribution in [0.4, 0.5) is 0 Å². The molecule has 0 saturated heterocycles. The number of allylic oxidation sites excluding steroid dienone is 9. The van der Waals surface area contributed by atoms with Gasteiger partial charge in [-0.1, -0.05) is 121 Å². The Hall–Kier alpha value is -2.93. The average molecular weight is 460 g/mol. The fraction of sp³-hybridized carbons (Fsp3) is 0.364. The van der Waals surface area contributed by atoms with E-state index in [1.54, 1.807) is 0 Å². The highest BCUT2D eigenvalue weighted by atomic mass is 14.7. The number of rotatable bonds is 9. The van der Waals surface area contributed by atoms with Gasteiger partial charge in [0.1, 0.15) is 0 Å². The molecule has 0 fully saturated rings. The van der Waals surface area contributed by atoms with Gasteiger partial charge >= 0.3 is 0 Å². The van der Waals surface area contributed by atoms with Crippen LogP contribution in [0.5, 0.6) is 0 Å². The maximum atomic E-state index is 4.96. The van der Waals surface area contributed by atoms with E-state index in [1.807, 2.05) is 66.7 Å². The number of nitrogens with zero attached hydrogens (tertiary/aromatic N) is 1. The third-order valence-electron chi connectivity index (χ3n) is 4.54. The molecule has 0 radical (unpaired) electrons. The van der Waals surface area contributed by atoms with E-state index in [1.165, 1.54) is 5.57 Å². The summed E-state index contributed by atoms with van der Waals surface area (Å²) in [6, 6.07) is 14.7. The fourth-order valence-electron chi connectivity index (χ4n) is 3.04. The van der Waals surface area contributed by atoms with E-state index in [0.29, 0.717) is 0 Å². The van der Waals surface area contributed by atoms with Crippen LogP contribution >= 0.6 is 0 Å². The van der Waals surface area contributed by atoms with E-state index in [2.05, 4.69) is 87.2 Å². The van der Waals surface area contributed by atoms with Crippen molar-refractivity contribution in [3.8, 4) is 11.3 Å². The molecule has 0 atom stereocenters. The molecule has 0 aliphatic heterocycles. The van der Waals surface area contributed by atoms with Gasteiger partial charge in [-0.2, -0.15) is 0 Å². The molecule has 1 heteroatoms. The molecule has 2 rings (SSSR count). The Morgan fingerprint density at radius 2 is 1.53 bits per heavy atom. The van der Waals surface area contributed by atoms with Crippen molar-refractivity contribution in [3.63, 3.8) is 0 Å². The minimum absolute atomic E-state index is 0.995. The average Bonchev–Trinajstić information content (AvgIpc) is 2.92. The first-order valence-corrected chi connectivity index (χ1v) is 13.0. The minimum Gasteiger partial charge on any atom is -0.248 e. The van der Waals surface area contributed by atoms with Crippen molar-refractivity contribution < 1.29 is 0 Å². The summed E-state index contributed by atoms with van der Waals surface area (Å²) >= 11 is 0. The first-order valence-electron chi connectivity index (χ1n) is 13.0. The number of aromatic nitrogens is 1. The summed E-state index contributed by atoms with van der Waals surface area (Å²) in [5.74, 6) is 0. The topological polar surface area (TPSA) is 12.9 Å². The molecule has 0 unspecified atom stereocenters. The Bertz CT molecular complexity index is 880. The van der Waals surface area contributed by atoms with E-state index < -0.39 is 0 Å². The third kappa shape index (κ3) is 12.9. The van der Waals surface area contributed by atoms with Gasteiger partial charge in [0, 0.05) is 5.56 Å². The lowest BCUT2D eigenvalue weighted by Gasteiger charge is -2.11. The maximum Gasteiger partial charge on any atom is 0.0715 e. The van der Waals surface area contributed by atoms with Crippen LogP contribution in [0.2, 0.25) is 0 Å². The Morgan fingerprint density at radius 3 is 2.09 bits per heavy atom. The molecule has 34 heavy (non-hydrogen) atoms. The number of benzene rings is 1. The van der Waals surface area contributed by atoms with Gasteiger partial charge in [0.25, 0.3) is 0 Å². The molecular weight excluding hydrogens is 410 g/mol. The molecule has 0 spiro atoms. The second kappa shape index (κ2) is 23.2. The lowest BCUT2D eigenvalue weighted by Crippen LogP contribution is -1.95. The van der Waals surface area contributed by atoms with Crippen LogP contribution in [0, 0.1) is 0 Å². The highest BCUT2D eigenvalue weighted by Crippen LogP contribution is 2.27. The summed E-state index contributed by atoms with van der Waals surface area (Å²) in [5, 5.41) is 0. The van der Waals surface area contributed by atoms with Gasteiger partial charge < -0.3 is 0 Å². The molecule has 0 bridgehead atoms. The molecule has 1 nitrogen and oxygen atoms in total. The Morgan fingerprint density at radius 1 is 0.882 bits per heavy atom. The van der Waals surface area contributed by atoms with Gasteiger partial charge in [0.2, 0.25) is 0 Å². The van der Waals surface area contributed by atoms with Crippen molar-refractivity contribution >= 4 is 11.1 Å². The Kier molecular flexibility index (Phi) is 22.7. The lowest BCUT2D eigenvalue weighted by molar-refractivity contribution is 0.867. The number of hydrogen-bond donors (Lipinski definition) is 0. The molecule has 1 heterocycles. The molecule has 186 valence electrons. The Balaban J connectivity index is 0. The quantitative estimate of drug-likeness (QED) is 0.206. The van der Waals surface area contributed by atoms with Crippen molar-refractivity contribution in [2.24, 2.45) is 0 Å². The van der Waals surface area contributed by atoms with Gasteiger partial charge in [-0.3, -0.25) is 0 Å². The molecular formula is C33H49N. The monoisotopic (exact) mass is 459 g/mol. The zero-order valence-electron chi connectivity index (χ0n) is 23.4. The smallest absolute Gasteiger partial charge is 0.0715 e. The summed E-state index contributed by atoms with van der Waals surface area (Å²) in [6.45, 7) is 22.1. The summed E-state index contributed by atoms with van der Waals surface area (Å²) in [4.78, 5) is 4.96. The molecule has 0 aliphatic rings. The summed E-state index contributed by atoms with van der Waals surface area (Å²) < 4.78 is 0. The van der Waals surface area contributed by atoms with Crippen molar-refractivity contribution in [3.05, 3.63) is 103 Å². The third-order valence-corrected chi connectivity index (χ3v) is 4.54. The fourth-order valence-corrected chi connectivity index (χ4v) is 3.04. The van der Waals surface area contributed by atoms with Gasteiger partial charge in [-0.05, 0) is 68.9 Å². The van der Waals surface area contributed by atoms with Crippen molar-refractivity contribution in [2.45, 2.75) is 81.6 Å². The van der Waals surface area contributed by atoms with E-state index in [4.69, 9.17) is 4.98 Å². The van der Waals surface area contributed by atoms with E-state index in [0.717, 1.165) is 47.4 Å². The van der Waals surface area contributed by atoms with Crippen molar-refractivity contribution in [1.29, 1.82) is 0 Å². The first kappa shape index (κ1) is 33.2. The summed E-state index contributed by atoms with van der Waals surface area (Å²) in [5.41, 5.74) is 6.67. The summed E-state index contributed by atoms with van der Waals surface area (Å²) in [7, 11) is 0. The van der Waals surface area contributed by atoms with Crippen LogP contribution in [-0.4, -0.2) is 4.98 Å². The maximum absolute atomic E-state index is 4.96. The second-order valence-electron chi connectivity index (χ2n) is 6.74. The largest absolute Gasteiger partial charge is 0.248 e. The van der Waals surface area contributed by atoms with Crippen LogP contribution < -0.4 is 0 Å². The molecule has 0 saturated carbocycles. The van der Waals surface area contributed by atoms with Crippen LogP contribution in [0.1, 0.15) is 92.8 Å². The number of pyridine rings is 1. The van der Waals surface area contributed by atoms with Crippen LogP contribution in [0.25, 0.3) is 22.4 Å². The highest BCUT2D eigenvalue weighted by molar-refractivity contribution is 5.80. The summed E-state index contributed by atoms with van der Waals surface area (Å²) in [6.07, 6.45) is 18.0. The highest BCUT2D eigenvalue weighted by Gasteiger charge is 2.08. The van der Waals surface area contributed by atoms with Crippen molar-refractivity contribution in [2.75, 3.05) is 0 Å². The molecule has 0 N–H and O–H groups in total. The lowest BCUT2D eigenvalue weighted by atomic mass is 9.99. The van der Waals surface area contributed by atoms with Gasteiger partial charge in [-0.25, -0.2) is 4.98 Å². The predicted molar refractivity (Wildman–Crippen MR) is 159 cm³/mol. The molecule has 1 aromatic carbocycles. The normalized spacial score (nSPS) is 11.1. The minimum atomic E-state index is 0.995. The number of unbranched alkanes of at least 4 members (excludes halogenated alkanes) is 2. The van der Waals surface area contributed by atoms with Crippen LogP contribution in [0.15, 0.2) is 91.6 Å². The van der Waals surface area contributed by atoms with Crippen molar-refractivity contribution in [1.82, 2.24) is 4.98 Å². The van der Waals surface area contributed by atoms with E-state index in [-0.39, 0.29) is 0 Å². The molecule has 0 aliphatic carbocycles. The van der Waals surface area contributed by atoms with Crippen LogP contribution in [0.3, 0.4) is 0 Å². The SMILES string of the molecule is C=C/C=C(\C=C/C)c1cc(/C(C)=C/CCC/C=C\C)nc(-c2ccccc2)c1.CC.CC.CC. The van der Waals surface area contributed by atoms with E-state index >= 15 is 0 Å². The molecule has 2 aromatic rings. The molecule has 0 amide bonds. The van der Waals surface area contributed by atoms with E-state index in [9.17, 15) is 0 Å². The molecule has 1 aromatic heterocycles. The van der Waals surface area contributed by atoms with Gasteiger partial charge in [-0.15, -0.1) is 0 Å². The first-order chi connectivity index (χ1) is 16.7. The zero-order chi connectivity index (χ0) is 26.2. The Labute approximate surface area is 211 Å². The van der Waals surface area contributed by atoms with Gasteiger partial charge in [0.05, 0.1) is 11.4 Å². The standard InChI is InChI=1S/C27H31N.3C2H6/c1-5-8-9-10-12-17-22(4)26-20-25(23(15-6-2)16-7-3)21-27(28-26)24-18-13-11-14-19-24;3*1-2/h5-8,11,13-21H,2,9-10,12H2,1,3-4H3;3*1-2H3/b8-5-,16-7-,22-17+,23-15+;;;. The van der Waals surface area contributed by atoms with Gasteiger partial charge in [0.15, 0.2) is 0 Å². The second-order valence-corrected chi connectivity index (χ2v) is 6.74. The van der Waals surface area contributed by atoms with Crippen LogP contribution in [-0.2, 0) is 0 Å². The predicted octanol–water partition coefficient (Wildman–Crippen LogP) is 11.1.